The quantitative estimate of drug-likeness (QED) is 0.731. The number of nitrogens with zero attached hydrogens (tertiary/aromatic N) is 1. The van der Waals surface area contributed by atoms with Gasteiger partial charge in [-0.3, -0.25) is 9.78 Å². The minimum Gasteiger partial charge on any atom is -0.323 e. The van der Waals surface area contributed by atoms with Crippen LogP contribution in [0.15, 0.2) is 18.3 Å². The van der Waals surface area contributed by atoms with E-state index in [0.29, 0.717) is 11.6 Å². The van der Waals surface area contributed by atoms with Crippen LogP contribution < -0.4 is 5.32 Å². The molecule has 78 valence electrons. The Kier molecular flexibility index (Phi) is 6.58. The molecule has 3 heteroatoms. The van der Waals surface area contributed by atoms with Crippen molar-refractivity contribution >= 4 is 6.29 Å². The SMILES string of the molecule is CC(C)c1ccc(C=O)nc1.CNC. The predicted octanol–water partition coefficient (Wildman–Crippen LogP) is 1.85. The molecule has 1 aromatic rings. The van der Waals surface area contributed by atoms with Crippen LogP contribution in [0, 0.1) is 0 Å². The number of rotatable bonds is 2. The molecule has 0 aliphatic heterocycles. The summed E-state index contributed by atoms with van der Waals surface area (Å²) < 4.78 is 0. The van der Waals surface area contributed by atoms with Crippen molar-refractivity contribution < 1.29 is 4.79 Å². The van der Waals surface area contributed by atoms with Gasteiger partial charge in [-0.2, -0.15) is 0 Å². The monoisotopic (exact) mass is 194 g/mol. The molecule has 0 amide bonds. The summed E-state index contributed by atoms with van der Waals surface area (Å²) in [6, 6.07) is 3.67. The summed E-state index contributed by atoms with van der Waals surface area (Å²) >= 11 is 0. The number of aromatic nitrogens is 1. The third-order valence-corrected chi connectivity index (χ3v) is 1.60. The Morgan fingerprint density at radius 1 is 1.36 bits per heavy atom. The standard InChI is InChI=1S/C9H11NO.C2H7N/c1-7(2)8-3-4-9(6-11)10-5-8;1-3-2/h3-7H,1-2H3;3H,1-2H3. The van der Waals surface area contributed by atoms with E-state index in [2.05, 4.69) is 24.1 Å². The van der Waals surface area contributed by atoms with Crippen LogP contribution in [0.4, 0.5) is 0 Å². The van der Waals surface area contributed by atoms with Crippen LogP contribution in [0.5, 0.6) is 0 Å². The minimum absolute atomic E-state index is 0.475. The minimum atomic E-state index is 0.475. The average molecular weight is 194 g/mol. The molecule has 0 aliphatic carbocycles. The van der Waals surface area contributed by atoms with Gasteiger partial charge in [0.15, 0.2) is 6.29 Å². The van der Waals surface area contributed by atoms with Crippen LogP contribution in [0.2, 0.25) is 0 Å². The third-order valence-electron chi connectivity index (χ3n) is 1.60. The summed E-state index contributed by atoms with van der Waals surface area (Å²) in [6.45, 7) is 4.19. The van der Waals surface area contributed by atoms with Crippen LogP contribution in [-0.2, 0) is 0 Å². The first kappa shape index (κ1) is 12.8. The first-order chi connectivity index (χ1) is 6.65. The zero-order valence-electron chi connectivity index (χ0n) is 9.24. The van der Waals surface area contributed by atoms with E-state index in [9.17, 15) is 4.79 Å². The normalized spacial score (nSPS) is 9.21. The highest BCUT2D eigenvalue weighted by Gasteiger charge is 1.98. The highest BCUT2D eigenvalue weighted by molar-refractivity contribution is 5.71. The lowest BCUT2D eigenvalue weighted by atomic mass is 10.1. The van der Waals surface area contributed by atoms with Crippen molar-refractivity contribution in [1.29, 1.82) is 0 Å². The number of nitrogens with one attached hydrogen (secondary N) is 1. The number of pyridine rings is 1. The molecule has 1 aromatic heterocycles. The molecule has 0 radical (unpaired) electrons. The van der Waals surface area contributed by atoms with Gasteiger partial charge in [-0.1, -0.05) is 19.9 Å². The van der Waals surface area contributed by atoms with Gasteiger partial charge < -0.3 is 5.32 Å². The van der Waals surface area contributed by atoms with Crippen molar-refractivity contribution in [1.82, 2.24) is 10.3 Å². The van der Waals surface area contributed by atoms with Gasteiger partial charge in [0.1, 0.15) is 5.69 Å². The first-order valence-corrected chi connectivity index (χ1v) is 4.65. The van der Waals surface area contributed by atoms with Gasteiger partial charge in [0.25, 0.3) is 0 Å². The summed E-state index contributed by atoms with van der Waals surface area (Å²) in [5.41, 5.74) is 1.66. The van der Waals surface area contributed by atoms with E-state index in [-0.39, 0.29) is 0 Å². The van der Waals surface area contributed by atoms with E-state index >= 15 is 0 Å². The summed E-state index contributed by atoms with van der Waals surface area (Å²) in [6.07, 6.45) is 2.50. The van der Waals surface area contributed by atoms with E-state index in [4.69, 9.17) is 0 Å². The Hall–Kier alpha value is -1.22. The molecular formula is C11H18N2O. The van der Waals surface area contributed by atoms with Gasteiger partial charge in [0.2, 0.25) is 0 Å². The summed E-state index contributed by atoms with van der Waals surface area (Å²) in [7, 11) is 3.75. The zero-order valence-corrected chi connectivity index (χ0v) is 9.24. The zero-order chi connectivity index (χ0) is 11.0. The largest absolute Gasteiger partial charge is 0.323 e. The van der Waals surface area contributed by atoms with Crippen LogP contribution >= 0.6 is 0 Å². The molecule has 0 atom stereocenters. The van der Waals surface area contributed by atoms with Crippen molar-refractivity contribution in [3.05, 3.63) is 29.6 Å². The number of hydrogen-bond donors (Lipinski definition) is 1. The van der Waals surface area contributed by atoms with Crippen LogP contribution in [0.1, 0.15) is 35.8 Å². The Morgan fingerprint density at radius 3 is 2.21 bits per heavy atom. The van der Waals surface area contributed by atoms with Crippen molar-refractivity contribution in [2.24, 2.45) is 0 Å². The number of carbonyl (C=O) groups is 1. The van der Waals surface area contributed by atoms with Gasteiger partial charge in [0, 0.05) is 6.20 Å². The second-order valence-electron chi connectivity index (χ2n) is 3.29. The molecule has 0 bridgehead atoms. The maximum atomic E-state index is 10.2. The molecule has 1 heterocycles. The lowest BCUT2D eigenvalue weighted by molar-refractivity contribution is 0.111. The summed E-state index contributed by atoms with van der Waals surface area (Å²) in [5.74, 6) is 0.475. The second kappa shape index (κ2) is 7.21. The fraction of sp³-hybridized carbons (Fsp3) is 0.455. The number of hydrogen-bond acceptors (Lipinski definition) is 3. The van der Waals surface area contributed by atoms with Crippen molar-refractivity contribution in [2.75, 3.05) is 14.1 Å². The van der Waals surface area contributed by atoms with E-state index in [1.54, 1.807) is 12.3 Å². The molecule has 0 aliphatic rings. The van der Waals surface area contributed by atoms with Crippen molar-refractivity contribution in [3.8, 4) is 0 Å². The van der Waals surface area contributed by atoms with Gasteiger partial charge >= 0.3 is 0 Å². The average Bonchev–Trinajstić information content (AvgIpc) is 2.19. The van der Waals surface area contributed by atoms with Gasteiger partial charge in [-0.25, -0.2) is 0 Å². The molecule has 0 unspecified atom stereocenters. The molecular weight excluding hydrogens is 176 g/mol. The lowest BCUT2D eigenvalue weighted by Crippen LogP contribution is -1.91. The van der Waals surface area contributed by atoms with Crippen LogP contribution in [0.25, 0.3) is 0 Å². The smallest absolute Gasteiger partial charge is 0.168 e. The van der Waals surface area contributed by atoms with Crippen LogP contribution in [-0.4, -0.2) is 25.4 Å². The summed E-state index contributed by atoms with van der Waals surface area (Å²) in [4.78, 5) is 14.2. The molecule has 0 saturated carbocycles. The third kappa shape index (κ3) is 4.72. The molecule has 14 heavy (non-hydrogen) atoms. The molecule has 1 rings (SSSR count). The lowest BCUT2D eigenvalue weighted by Gasteiger charge is -2.02. The number of carbonyl (C=O) groups excluding carboxylic acids is 1. The Morgan fingerprint density at radius 2 is 1.93 bits per heavy atom. The highest BCUT2D eigenvalue weighted by atomic mass is 16.1. The summed E-state index contributed by atoms with van der Waals surface area (Å²) in [5, 5.41) is 2.75. The maximum absolute atomic E-state index is 10.2. The Labute approximate surface area is 85.6 Å². The maximum Gasteiger partial charge on any atom is 0.168 e. The van der Waals surface area contributed by atoms with Crippen molar-refractivity contribution in [2.45, 2.75) is 19.8 Å². The molecule has 0 spiro atoms. The van der Waals surface area contributed by atoms with E-state index < -0.39 is 0 Å². The van der Waals surface area contributed by atoms with Gasteiger partial charge in [-0.05, 0) is 31.6 Å². The van der Waals surface area contributed by atoms with Crippen LogP contribution in [0.3, 0.4) is 0 Å². The van der Waals surface area contributed by atoms with E-state index in [0.717, 1.165) is 11.8 Å². The Balaban J connectivity index is 0.000000500. The van der Waals surface area contributed by atoms with Gasteiger partial charge in [-0.15, -0.1) is 0 Å². The Bertz CT molecular complexity index is 254. The number of aldehydes is 1. The molecule has 3 nitrogen and oxygen atoms in total. The molecule has 0 aromatic carbocycles. The van der Waals surface area contributed by atoms with E-state index in [1.807, 2.05) is 20.2 Å². The first-order valence-electron chi connectivity index (χ1n) is 4.65. The second-order valence-corrected chi connectivity index (χ2v) is 3.29. The fourth-order valence-electron chi connectivity index (χ4n) is 0.828. The molecule has 0 saturated heterocycles. The topological polar surface area (TPSA) is 42.0 Å². The van der Waals surface area contributed by atoms with Gasteiger partial charge in [0.05, 0.1) is 0 Å². The molecule has 1 N–H and O–H groups in total. The highest BCUT2D eigenvalue weighted by Crippen LogP contribution is 2.11. The molecule has 0 fully saturated rings. The van der Waals surface area contributed by atoms with Crippen molar-refractivity contribution in [3.63, 3.8) is 0 Å². The van der Waals surface area contributed by atoms with E-state index in [1.165, 1.54) is 0 Å². The predicted molar refractivity (Wildman–Crippen MR) is 58.7 cm³/mol. The fourth-order valence-corrected chi connectivity index (χ4v) is 0.828.